The quantitative estimate of drug-likeness (QED) is 0.845. The van der Waals surface area contributed by atoms with Gasteiger partial charge >= 0.3 is 5.97 Å². The first-order chi connectivity index (χ1) is 8.02. The molecule has 6 heteroatoms. The lowest BCUT2D eigenvalue weighted by Gasteiger charge is -2.17. The fourth-order valence-electron chi connectivity index (χ4n) is 1.74. The number of hydrogen-bond acceptors (Lipinski definition) is 3. The highest BCUT2D eigenvalue weighted by Crippen LogP contribution is 2.33. The second kappa shape index (κ2) is 4.29. The molecular formula is C11H8BrNO4. The number of nitrogens with zero attached hydrogens (tertiary/aromatic N) is 1. The van der Waals surface area contributed by atoms with Crippen molar-refractivity contribution in [3.63, 3.8) is 0 Å². The first-order valence-electron chi connectivity index (χ1n) is 4.90. The Balaban J connectivity index is 2.61. The average Bonchev–Trinajstić information content (AvgIpc) is 2.59. The van der Waals surface area contributed by atoms with Gasteiger partial charge in [-0.2, -0.15) is 0 Å². The number of anilines is 1. The molecule has 1 aliphatic rings. The molecule has 2 amide bonds. The van der Waals surface area contributed by atoms with Gasteiger partial charge in [0.15, 0.2) is 0 Å². The molecule has 17 heavy (non-hydrogen) atoms. The van der Waals surface area contributed by atoms with E-state index in [1.165, 1.54) is 6.07 Å². The largest absolute Gasteiger partial charge is 0.478 e. The number of hydrogen-bond donors (Lipinski definition) is 1. The van der Waals surface area contributed by atoms with Crippen LogP contribution in [0.1, 0.15) is 23.2 Å². The minimum Gasteiger partial charge on any atom is -0.478 e. The van der Waals surface area contributed by atoms with Gasteiger partial charge in [-0.05, 0) is 28.1 Å². The monoisotopic (exact) mass is 297 g/mol. The number of benzene rings is 1. The third-order valence-electron chi connectivity index (χ3n) is 2.49. The van der Waals surface area contributed by atoms with Crippen LogP contribution in [0, 0.1) is 0 Å². The molecule has 0 aromatic heterocycles. The number of carbonyl (C=O) groups is 3. The Bertz CT molecular complexity index is 510. The molecule has 0 saturated carbocycles. The second-order valence-electron chi connectivity index (χ2n) is 3.56. The van der Waals surface area contributed by atoms with Crippen LogP contribution in [0.4, 0.5) is 5.69 Å². The highest BCUT2D eigenvalue weighted by molar-refractivity contribution is 9.10. The fraction of sp³-hybridized carbons (Fsp3) is 0.182. The van der Waals surface area contributed by atoms with Crippen molar-refractivity contribution in [3.8, 4) is 0 Å². The molecule has 1 aromatic carbocycles. The van der Waals surface area contributed by atoms with Gasteiger partial charge in [0.2, 0.25) is 11.8 Å². The first-order valence-corrected chi connectivity index (χ1v) is 5.69. The number of para-hydroxylation sites is 1. The summed E-state index contributed by atoms with van der Waals surface area (Å²) in [6.07, 6.45) is 0.248. The van der Waals surface area contributed by atoms with Crippen LogP contribution in [0.25, 0.3) is 0 Å². The van der Waals surface area contributed by atoms with E-state index in [4.69, 9.17) is 5.11 Å². The lowest BCUT2D eigenvalue weighted by Crippen LogP contribution is -2.30. The Morgan fingerprint density at radius 1 is 1.24 bits per heavy atom. The lowest BCUT2D eigenvalue weighted by molar-refractivity contribution is -0.121. The van der Waals surface area contributed by atoms with E-state index < -0.39 is 5.97 Å². The van der Waals surface area contributed by atoms with Crippen molar-refractivity contribution in [2.45, 2.75) is 12.8 Å². The standard InChI is InChI=1S/C11H8BrNO4/c12-7-3-1-2-6(11(16)17)10(7)13-8(14)4-5-9(13)15/h1-3H,4-5H2,(H,16,17). The van der Waals surface area contributed by atoms with E-state index in [2.05, 4.69) is 15.9 Å². The molecule has 0 radical (unpaired) electrons. The van der Waals surface area contributed by atoms with Crippen LogP contribution in [0.2, 0.25) is 0 Å². The topological polar surface area (TPSA) is 74.7 Å². The smallest absolute Gasteiger partial charge is 0.337 e. The predicted octanol–water partition coefficient (Wildman–Crippen LogP) is 1.80. The van der Waals surface area contributed by atoms with Gasteiger partial charge in [-0.3, -0.25) is 9.59 Å². The van der Waals surface area contributed by atoms with Crippen molar-refractivity contribution in [2.24, 2.45) is 0 Å². The summed E-state index contributed by atoms with van der Waals surface area (Å²) < 4.78 is 0.418. The Morgan fingerprint density at radius 3 is 2.35 bits per heavy atom. The zero-order valence-corrected chi connectivity index (χ0v) is 10.2. The molecule has 1 saturated heterocycles. The zero-order valence-electron chi connectivity index (χ0n) is 8.64. The zero-order chi connectivity index (χ0) is 12.6. The first kappa shape index (κ1) is 11.8. The van der Waals surface area contributed by atoms with Crippen molar-refractivity contribution in [3.05, 3.63) is 28.2 Å². The molecule has 1 aromatic rings. The van der Waals surface area contributed by atoms with E-state index in [9.17, 15) is 14.4 Å². The molecule has 0 bridgehead atoms. The summed E-state index contributed by atoms with van der Waals surface area (Å²) in [6.45, 7) is 0. The number of carboxylic acid groups (broad SMARTS) is 1. The van der Waals surface area contributed by atoms with Crippen LogP contribution < -0.4 is 4.90 Å². The normalized spacial score (nSPS) is 15.5. The Labute approximate surface area is 105 Å². The van der Waals surface area contributed by atoms with Gasteiger partial charge in [-0.15, -0.1) is 0 Å². The van der Waals surface area contributed by atoms with E-state index >= 15 is 0 Å². The third-order valence-corrected chi connectivity index (χ3v) is 3.13. The third kappa shape index (κ3) is 1.95. The molecule has 1 N–H and O–H groups in total. The summed E-state index contributed by atoms with van der Waals surface area (Å²) in [5.41, 5.74) is 0.0514. The van der Waals surface area contributed by atoms with Crippen LogP contribution >= 0.6 is 15.9 Å². The van der Waals surface area contributed by atoms with Gasteiger partial charge in [0.1, 0.15) is 0 Å². The molecule has 0 unspecified atom stereocenters. The van der Waals surface area contributed by atoms with E-state index in [1.807, 2.05) is 0 Å². The van der Waals surface area contributed by atoms with E-state index in [1.54, 1.807) is 12.1 Å². The average molecular weight is 298 g/mol. The maximum Gasteiger partial charge on any atom is 0.337 e. The van der Waals surface area contributed by atoms with Gasteiger partial charge in [0.05, 0.1) is 11.3 Å². The summed E-state index contributed by atoms with van der Waals surface area (Å²) in [5, 5.41) is 9.05. The van der Waals surface area contributed by atoms with Crippen molar-refractivity contribution in [1.29, 1.82) is 0 Å². The maximum absolute atomic E-state index is 11.6. The lowest BCUT2D eigenvalue weighted by atomic mass is 10.1. The maximum atomic E-state index is 11.6. The Hall–Kier alpha value is -1.69. The van der Waals surface area contributed by atoms with E-state index in [0.29, 0.717) is 4.47 Å². The van der Waals surface area contributed by atoms with Crippen molar-refractivity contribution in [1.82, 2.24) is 0 Å². The Morgan fingerprint density at radius 2 is 1.82 bits per heavy atom. The SMILES string of the molecule is O=C(O)c1cccc(Br)c1N1C(=O)CCC1=O. The number of amides is 2. The summed E-state index contributed by atoms with van der Waals surface area (Å²) >= 11 is 3.17. The number of halogens is 1. The van der Waals surface area contributed by atoms with Gasteiger partial charge in [0, 0.05) is 17.3 Å². The number of rotatable bonds is 2. The molecule has 1 fully saturated rings. The minimum absolute atomic E-state index is 0.0667. The number of carbonyl (C=O) groups excluding carboxylic acids is 2. The van der Waals surface area contributed by atoms with Crippen LogP contribution in [0.3, 0.4) is 0 Å². The molecule has 0 atom stereocenters. The van der Waals surface area contributed by atoms with Crippen molar-refractivity contribution < 1.29 is 19.5 Å². The van der Waals surface area contributed by atoms with Gasteiger partial charge in [0.25, 0.3) is 0 Å². The second-order valence-corrected chi connectivity index (χ2v) is 4.42. The van der Waals surface area contributed by atoms with Gasteiger partial charge < -0.3 is 5.11 Å². The summed E-state index contributed by atoms with van der Waals surface area (Å²) in [7, 11) is 0. The van der Waals surface area contributed by atoms with Crippen molar-refractivity contribution >= 4 is 39.4 Å². The molecule has 0 aliphatic carbocycles. The summed E-state index contributed by atoms with van der Waals surface area (Å²) in [6, 6.07) is 4.50. The highest BCUT2D eigenvalue weighted by Gasteiger charge is 2.34. The highest BCUT2D eigenvalue weighted by atomic mass is 79.9. The molecule has 1 aliphatic heterocycles. The summed E-state index contributed by atoms with van der Waals surface area (Å²) in [5.74, 6) is -1.91. The van der Waals surface area contributed by atoms with Crippen LogP contribution in [0.15, 0.2) is 22.7 Å². The predicted molar refractivity (Wildman–Crippen MR) is 62.8 cm³/mol. The Kier molecular flexibility index (Phi) is 2.97. The van der Waals surface area contributed by atoms with E-state index in [0.717, 1.165) is 4.90 Å². The number of aromatic carboxylic acids is 1. The van der Waals surface area contributed by atoms with Crippen LogP contribution in [-0.4, -0.2) is 22.9 Å². The molecule has 1 heterocycles. The number of carboxylic acids is 1. The molecule has 5 nitrogen and oxygen atoms in total. The molecule has 0 spiro atoms. The fourth-order valence-corrected chi connectivity index (χ4v) is 2.28. The molecule has 2 rings (SSSR count). The van der Waals surface area contributed by atoms with Crippen LogP contribution in [0.5, 0.6) is 0 Å². The van der Waals surface area contributed by atoms with E-state index in [-0.39, 0.29) is 35.9 Å². The minimum atomic E-state index is -1.17. The molecule has 88 valence electrons. The van der Waals surface area contributed by atoms with Gasteiger partial charge in [-0.25, -0.2) is 9.69 Å². The van der Waals surface area contributed by atoms with Gasteiger partial charge in [-0.1, -0.05) is 6.07 Å². The van der Waals surface area contributed by atoms with Crippen LogP contribution in [-0.2, 0) is 9.59 Å². The number of imide groups is 1. The van der Waals surface area contributed by atoms with Crippen molar-refractivity contribution in [2.75, 3.05) is 4.90 Å². The molecular weight excluding hydrogens is 290 g/mol. The summed E-state index contributed by atoms with van der Waals surface area (Å²) in [4.78, 5) is 35.2.